The highest BCUT2D eigenvalue weighted by molar-refractivity contribution is 6.30. The monoisotopic (exact) mass is 438 g/mol. The van der Waals surface area contributed by atoms with E-state index in [0.717, 1.165) is 49.6 Å². The van der Waals surface area contributed by atoms with Gasteiger partial charge in [0, 0.05) is 36.1 Å². The maximum absolute atomic E-state index is 12.5. The third-order valence-electron chi connectivity index (χ3n) is 6.23. The number of hydrogen-bond acceptors (Lipinski definition) is 5. The molecule has 0 bridgehead atoms. The van der Waals surface area contributed by atoms with Crippen LogP contribution in [0.2, 0.25) is 5.02 Å². The average molecular weight is 439 g/mol. The van der Waals surface area contributed by atoms with Crippen LogP contribution in [0.25, 0.3) is 0 Å². The van der Waals surface area contributed by atoms with E-state index in [1.807, 2.05) is 24.3 Å². The van der Waals surface area contributed by atoms with Crippen molar-refractivity contribution in [1.29, 1.82) is 0 Å². The van der Waals surface area contributed by atoms with Gasteiger partial charge >= 0.3 is 0 Å². The Morgan fingerprint density at radius 2 is 1.90 bits per heavy atom. The molecule has 1 aromatic carbocycles. The number of rotatable bonds is 4. The van der Waals surface area contributed by atoms with Gasteiger partial charge in [0.25, 0.3) is 5.56 Å². The molecule has 2 aliphatic rings. The molecule has 1 saturated carbocycles. The lowest BCUT2D eigenvalue weighted by Crippen LogP contribution is -2.42. The van der Waals surface area contributed by atoms with Crippen molar-refractivity contribution in [1.82, 2.24) is 9.78 Å². The van der Waals surface area contributed by atoms with Crippen LogP contribution in [-0.4, -0.2) is 42.6 Å². The molecule has 8 heteroatoms. The number of hydrogen-bond donors (Lipinski definition) is 1. The van der Waals surface area contributed by atoms with E-state index < -0.39 is 0 Å². The van der Waals surface area contributed by atoms with Crippen LogP contribution in [0.3, 0.4) is 0 Å². The zero-order valence-corrected chi connectivity index (χ0v) is 18.0. The highest BCUT2D eigenvalue weighted by Crippen LogP contribution is 2.42. The van der Waals surface area contributed by atoms with Crippen molar-refractivity contribution >= 4 is 29.8 Å². The van der Waals surface area contributed by atoms with Gasteiger partial charge in [0.2, 0.25) is 0 Å². The van der Waals surface area contributed by atoms with Crippen LogP contribution >= 0.6 is 24.0 Å². The molecule has 0 amide bonds. The predicted molar refractivity (Wildman–Crippen MR) is 118 cm³/mol. The molecule has 1 aliphatic carbocycles. The Labute approximate surface area is 182 Å². The number of nitrogens with two attached hydrogens (primary N) is 1. The van der Waals surface area contributed by atoms with Gasteiger partial charge < -0.3 is 15.4 Å². The molecule has 1 saturated heterocycles. The SMILES string of the molecule is Cl.NCC1(c2cccc(Cl)c2)CCC(n2nc(N3CCOCC3)ccc2=O)CC1. The Morgan fingerprint density at radius 1 is 1.17 bits per heavy atom. The second-order valence-electron chi connectivity index (χ2n) is 7.80. The first-order valence-corrected chi connectivity index (χ1v) is 10.4. The average Bonchev–Trinajstić information content (AvgIpc) is 2.75. The van der Waals surface area contributed by atoms with E-state index in [1.165, 1.54) is 5.56 Å². The number of morpholine rings is 1. The summed E-state index contributed by atoms with van der Waals surface area (Å²) >= 11 is 6.21. The molecule has 0 spiro atoms. The van der Waals surface area contributed by atoms with Crippen LogP contribution in [0.4, 0.5) is 5.82 Å². The summed E-state index contributed by atoms with van der Waals surface area (Å²) < 4.78 is 7.10. The molecule has 1 aromatic heterocycles. The highest BCUT2D eigenvalue weighted by atomic mass is 35.5. The molecule has 0 unspecified atom stereocenters. The fraction of sp³-hybridized carbons (Fsp3) is 0.524. The van der Waals surface area contributed by atoms with Crippen molar-refractivity contribution in [3.05, 3.63) is 57.3 Å². The van der Waals surface area contributed by atoms with Gasteiger partial charge in [0.15, 0.2) is 0 Å². The standard InChI is InChI=1S/C21H27ClN4O2.ClH/c22-17-3-1-2-16(14-17)21(15-23)8-6-18(7-9-21)26-20(27)5-4-19(24-26)25-10-12-28-13-11-25;/h1-5,14,18H,6-13,15,23H2;1H. The third-order valence-corrected chi connectivity index (χ3v) is 6.47. The molecule has 6 nitrogen and oxygen atoms in total. The van der Waals surface area contributed by atoms with Crippen LogP contribution in [0, 0.1) is 0 Å². The van der Waals surface area contributed by atoms with Crippen molar-refractivity contribution in [2.75, 3.05) is 37.7 Å². The van der Waals surface area contributed by atoms with E-state index in [0.29, 0.717) is 19.8 Å². The van der Waals surface area contributed by atoms with Gasteiger partial charge in [0.05, 0.1) is 19.3 Å². The molecule has 0 atom stereocenters. The number of nitrogens with zero attached hydrogens (tertiary/aromatic N) is 3. The zero-order valence-electron chi connectivity index (χ0n) is 16.4. The van der Waals surface area contributed by atoms with E-state index in [-0.39, 0.29) is 29.4 Å². The Balaban J connectivity index is 0.00000240. The molecule has 29 heavy (non-hydrogen) atoms. The van der Waals surface area contributed by atoms with Crippen LogP contribution in [0.1, 0.15) is 37.3 Å². The van der Waals surface area contributed by atoms with Gasteiger partial charge in [-0.25, -0.2) is 4.68 Å². The van der Waals surface area contributed by atoms with Gasteiger partial charge in [-0.3, -0.25) is 4.79 Å². The lowest BCUT2D eigenvalue weighted by molar-refractivity contribution is 0.122. The molecule has 1 aliphatic heterocycles. The molecular formula is C21H28Cl2N4O2. The normalized spacial score (nSPS) is 24.8. The highest BCUT2D eigenvalue weighted by Gasteiger charge is 2.37. The number of halogens is 2. The molecule has 2 aromatic rings. The maximum atomic E-state index is 12.5. The van der Waals surface area contributed by atoms with Crippen molar-refractivity contribution < 1.29 is 4.74 Å². The van der Waals surface area contributed by atoms with Crippen molar-refractivity contribution in [3.63, 3.8) is 0 Å². The van der Waals surface area contributed by atoms with Gasteiger partial charge in [-0.05, 0) is 49.4 Å². The molecule has 2 heterocycles. The number of aromatic nitrogens is 2. The van der Waals surface area contributed by atoms with Crippen molar-refractivity contribution in [2.24, 2.45) is 5.73 Å². The van der Waals surface area contributed by atoms with E-state index in [9.17, 15) is 4.79 Å². The van der Waals surface area contributed by atoms with Gasteiger partial charge in [-0.2, -0.15) is 5.10 Å². The van der Waals surface area contributed by atoms with Crippen LogP contribution in [-0.2, 0) is 10.2 Å². The molecule has 0 radical (unpaired) electrons. The zero-order chi connectivity index (χ0) is 19.6. The Hall–Kier alpha value is -1.60. The molecular weight excluding hydrogens is 411 g/mol. The quantitative estimate of drug-likeness (QED) is 0.793. The molecule has 2 N–H and O–H groups in total. The Morgan fingerprint density at radius 3 is 2.55 bits per heavy atom. The smallest absolute Gasteiger partial charge is 0.267 e. The third kappa shape index (κ3) is 4.61. The predicted octanol–water partition coefficient (Wildman–Crippen LogP) is 3.17. The van der Waals surface area contributed by atoms with E-state index in [4.69, 9.17) is 27.2 Å². The molecule has 158 valence electrons. The number of anilines is 1. The first kappa shape index (κ1) is 22.1. The summed E-state index contributed by atoms with van der Waals surface area (Å²) in [5.74, 6) is 0.855. The number of benzene rings is 1. The lowest BCUT2D eigenvalue weighted by Gasteiger charge is -2.40. The molecule has 4 rings (SSSR count). The fourth-order valence-electron chi connectivity index (χ4n) is 4.47. The number of ether oxygens (including phenoxy) is 1. The van der Waals surface area contributed by atoms with E-state index >= 15 is 0 Å². The minimum atomic E-state index is -0.0766. The van der Waals surface area contributed by atoms with Crippen LogP contribution in [0.5, 0.6) is 0 Å². The fourth-order valence-corrected chi connectivity index (χ4v) is 4.66. The lowest BCUT2D eigenvalue weighted by atomic mass is 9.68. The second kappa shape index (κ2) is 9.47. The largest absolute Gasteiger partial charge is 0.378 e. The summed E-state index contributed by atoms with van der Waals surface area (Å²) in [6.07, 6.45) is 3.60. The van der Waals surface area contributed by atoms with Gasteiger partial charge in [-0.1, -0.05) is 23.7 Å². The Bertz CT molecular complexity index is 875. The van der Waals surface area contributed by atoms with Gasteiger partial charge in [-0.15, -0.1) is 12.4 Å². The van der Waals surface area contributed by atoms with Crippen molar-refractivity contribution in [3.8, 4) is 0 Å². The van der Waals surface area contributed by atoms with Gasteiger partial charge in [0.1, 0.15) is 5.82 Å². The summed E-state index contributed by atoms with van der Waals surface area (Å²) in [5, 5.41) is 5.44. The summed E-state index contributed by atoms with van der Waals surface area (Å²) in [6, 6.07) is 11.6. The summed E-state index contributed by atoms with van der Waals surface area (Å²) in [7, 11) is 0. The summed E-state index contributed by atoms with van der Waals surface area (Å²) in [6.45, 7) is 3.59. The summed E-state index contributed by atoms with van der Waals surface area (Å²) in [4.78, 5) is 14.7. The van der Waals surface area contributed by atoms with Crippen LogP contribution in [0.15, 0.2) is 41.2 Å². The Kier molecular flexibility index (Phi) is 7.22. The second-order valence-corrected chi connectivity index (χ2v) is 8.24. The summed E-state index contributed by atoms with van der Waals surface area (Å²) in [5.41, 5.74) is 7.29. The first-order chi connectivity index (χ1) is 13.6. The first-order valence-electron chi connectivity index (χ1n) is 10.00. The maximum Gasteiger partial charge on any atom is 0.267 e. The van der Waals surface area contributed by atoms with Crippen LogP contribution < -0.4 is 16.2 Å². The minimum absolute atomic E-state index is 0. The molecule has 2 fully saturated rings. The van der Waals surface area contributed by atoms with E-state index in [1.54, 1.807) is 10.7 Å². The van der Waals surface area contributed by atoms with Crippen molar-refractivity contribution in [2.45, 2.75) is 37.1 Å². The topological polar surface area (TPSA) is 73.4 Å². The minimum Gasteiger partial charge on any atom is -0.378 e. The van der Waals surface area contributed by atoms with E-state index in [2.05, 4.69) is 11.0 Å².